The van der Waals surface area contributed by atoms with Gasteiger partial charge in [0.2, 0.25) is 5.91 Å². The van der Waals surface area contributed by atoms with Gasteiger partial charge in [0.1, 0.15) is 0 Å². The molecule has 1 unspecified atom stereocenters. The van der Waals surface area contributed by atoms with E-state index in [0.717, 1.165) is 0 Å². The topological polar surface area (TPSA) is 108 Å². The molecular formula is C13H25N3O4. The molecule has 0 heterocycles. The van der Waals surface area contributed by atoms with Gasteiger partial charge in [-0.15, -0.1) is 0 Å². The van der Waals surface area contributed by atoms with Crippen LogP contribution in [0.1, 0.15) is 40.5 Å². The van der Waals surface area contributed by atoms with Crippen LogP contribution in [0.5, 0.6) is 0 Å². The molecule has 0 aliphatic carbocycles. The van der Waals surface area contributed by atoms with Crippen LogP contribution in [-0.4, -0.2) is 41.6 Å². The summed E-state index contributed by atoms with van der Waals surface area (Å²) in [5, 5.41) is 16.4. The molecule has 0 fully saturated rings. The summed E-state index contributed by atoms with van der Waals surface area (Å²) in [5.41, 5.74) is -0.331. The van der Waals surface area contributed by atoms with Crippen LogP contribution in [0.2, 0.25) is 0 Å². The molecule has 116 valence electrons. The Morgan fingerprint density at radius 2 is 1.75 bits per heavy atom. The van der Waals surface area contributed by atoms with Gasteiger partial charge in [-0.05, 0) is 33.6 Å². The maximum Gasteiger partial charge on any atom is 0.315 e. The van der Waals surface area contributed by atoms with Gasteiger partial charge < -0.3 is 21.1 Å². The fourth-order valence-electron chi connectivity index (χ4n) is 1.42. The number of amides is 3. The molecule has 4 N–H and O–H groups in total. The summed E-state index contributed by atoms with van der Waals surface area (Å²) in [7, 11) is 0. The van der Waals surface area contributed by atoms with Gasteiger partial charge in [-0.25, -0.2) is 4.79 Å². The lowest BCUT2D eigenvalue weighted by Gasteiger charge is -2.20. The molecule has 0 saturated carbocycles. The van der Waals surface area contributed by atoms with E-state index >= 15 is 0 Å². The van der Waals surface area contributed by atoms with E-state index in [0.29, 0.717) is 19.4 Å². The average molecular weight is 287 g/mol. The molecule has 0 aromatic heterocycles. The molecule has 7 heteroatoms. The molecule has 7 nitrogen and oxygen atoms in total. The molecule has 1 atom stereocenters. The van der Waals surface area contributed by atoms with Gasteiger partial charge >= 0.3 is 12.0 Å². The van der Waals surface area contributed by atoms with Gasteiger partial charge in [0.15, 0.2) is 0 Å². The predicted molar refractivity (Wildman–Crippen MR) is 75.3 cm³/mol. The summed E-state index contributed by atoms with van der Waals surface area (Å²) in [5.74, 6) is -1.52. The van der Waals surface area contributed by atoms with Crippen molar-refractivity contribution in [3.05, 3.63) is 0 Å². The minimum atomic E-state index is -0.840. The summed E-state index contributed by atoms with van der Waals surface area (Å²) in [6.07, 6.45) is 1.08. The molecule has 0 spiro atoms. The van der Waals surface area contributed by atoms with Crippen LogP contribution in [-0.2, 0) is 9.59 Å². The van der Waals surface area contributed by atoms with Crippen molar-refractivity contribution in [1.82, 2.24) is 16.0 Å². The van der Waals surface area contributed by atoms with Gasteiger partial charge in [-0.2, -0.15) is 0 Å². The highest BCUT2D eigenvalue weighted by Gasteiger charge is 2.14. The molecule has 0 aromatic rings. The van der Waals surface area contributed by atoms with E-state index in [1.165, 1.54) is 0 Å². The lowest BCUT2D eigenvalue weighted by Crippen LogP contribution is -2.47. The highest BCUT2D eigenvalue weighted by molar-refractivity contribution is 5.84. The summed E-state index contributed by atoms with van der Waals surface area (Å²) < 4.78 is 0. The Hall–Kier alpha value is -1.79. The lowest BCUT2D eigenvalue weighted by atomic mass is 10.1. The van der Waals surface area contributed by atoms with Crippen molar-refractivity contribution < 1.29 is 19.5 Å². The Morgan fingerprint density at radius 1 is 1.15 bits per heavy atom. The molecule has 0 saturated heterocycles. The second-order valence-electron chi connectivity index (χ2n) is 5.79. The highest BCUT2D eigenvalue weighted by Crippen LogP contribution is 2.03. The van der Waals surface area contributed by atoms with Crippen molar-refractivity contribution in [2.24, 2.45) is 5.92 Å². The number of hydrogen-bond donors (Lipinski definition) is 4. The van der Waals surface area contributed by atoms with Crippen molar-refractivity contribution in [1.29, 1.82) is 0 Å². The molecule has 0 aliphatic heterocycles. The molecule has 0 rings (SSSR count). The first-order chi connectivity index (χ1) is 9.11. The van der Waals surface area contributed by atoms with Crippen molar-refractivity contribution in [3.8, 4) is 0 Å². The number of hydrogen-bond acceptors (Lipinski definition) is 3. The average Bonchev–Trinajstić information content (AvgIpc) is 2.29. The van der Waals surface area contributed by atoms with E-state index < -0.39 is 17.9 Å². The minimum Gasteiger partial charge on any atom is -0.481 e. The molecule has 20 heavy (non-hydrogen) atoms. The zero-order valence-corrected chi connectivity index (χ0v) is 12.6. The summed E-state index contributed by atoms with van der Waals surface area (Å²) >= 11 is 0. The normalized spacial score (nSPS) is 12.4. The first kappa shape index (κ1) is 18.2. The van der Waals surface area contributed by atoms with Gasteiger partial charge in [0.05, 0.1) is 12.5 Å². The Kier molecular flexibility index (Phi) is 7.64. The summed E-state index contributed by atoms with van der Waals surface area (Å²) in [4.78, 5) is 33.4. The number of carbonyl (C=O) groups excluding carboxylic acids is 2. The highest BCUT2D eigenvalue weighted by atomic mass is 16.4. The zero-order valence-electron chi connectivity index (χ0n) is 12.6. The van der Waals surface area contributed by atoms with Crippen LogP contribution in [0, 0.1) is 5.92 Å². The molecule has 0 bridgehead atoms. The number of carboxylic acid groups (broad SMARTS) is 1. The third kappa shape index (κ3) is 10.2. The number of urea groups is 1. The first-order valence-corrected chi connectivity index (χ1v) is 6.67. The third-order valence-electron chi connectivity index (χ3n) is 2.44. The van der Waals surface area contributed by atoms with Gasteiger partial charge in [-0.1, -0.05) is 6.92 Å². The van der Waals surface area contributed by atoms with Gasteiger partial charge in [0.25, 0.3) is 0 Å². The molecule has 0 radical (unpaired) electrons. The molecular weight excluding hydrogens is 262 g/mol. The Labute approximate surface area is 119 Å². The van der Waals surface area contributed by atoms with Crippen LogP contribution in [0.25, 0.3) is 0 Å². The molecule has 3 amide bonds. The summed E-state index contributed by atoms with van der Waals surface area (Å²) in [6.45, 7) is 7.48. The predicted octanol–water partition coefficient (Wildman–Crippen LogP) is 0.701. The van der Waals surface area contributed by atoms with Crippen molar-refractivity contribution in [2.45, 2.75) is 46.1 Å². The number of rotatable bonds is 7. The van der Waals surface area contributed by atoms with E-state index in [9.17, 15) is 14.4 Å². The number of aliphatic carboxylic acids is 1. The fourth-order valence-corrected chi connectivity index (χ4v) is 1.42. The summed E-state index contributed by atoms with van der Waals surface area (Å²) in [6, 6.07) is -0.433. The van der Waals surface area contributed by atoms with Crippen LogP contribution < -0.4 is 16.0 Å². The smallest absolute Gasteiger partial charge is 0.315 e. The maximum absolute atomic E-state index is 11.4. The lowest BCUT2D eigenvalue weighted by molar-refractivity contribution is -0.141. The fraction of sp³-hybridized carbons (Fsp3) is 0.769. The largest absolute Gasteiger partial charge is 0.481 e. The standard InChI is InChI=1S/C13H25N3O4/c1-9(11(18)19)6-5-7-14-12(20)15-8-10(17)16-13(2,3)4/h9H,5-8H2,1-4H3,(H,16,17)(H,18,19)(H2,14,15,20). The second-order valence-corrected chi connectivity index (χ2v) is 5.79. The van der Waals surface area contributed by atoms with E-state index in [1.807, 2.05) is 20.8 Å². The van der Waals surface area contributed by atoms with Crippen molar-refractivity contribution in [2.75, 3.05) is 13.1 Å². The zero-order chi connectivity index (χ0) is 15.8. The van der Waals surface area contributed by atoms with E-state index in [-0.39, 0.29) is 18.0 Å². The van der Waals surface area contributed by atoms with E-state index in [1.54, 1.807) is 6.92 Å². The third-order valence-corrected chi connectivity index (χ3v) is 2.44. The van der Waals surface area contributed by atoms with Gasteiger partial charge in [-0.3, -0.25) is 9.59 Å². The van der Waals surface area contributed by atoms with Crippen LogP contribution in [0.3, 0.4) is 0 Å². The Morgan fingerprint density at radius 3 is 2.25 bits per heavy atom. The first-order valence-electron chi connectivity index (χ1n) is 6.67. The van der Waals surface area contributed by atoms with E-state index in [2.05, 4.69) is 16.0 Å². The van der Waals surface area contributed by atoms with Gasteiger partial charge in [0, 0.05) is 12.1 Å². The Balaban J connectivity index is 3.70. The minimum absolute atomic E-state index is 0.0887. The SMILES string of the molecule is CC(CCCNC(=O)NCC(=O)NC(C)(C)C)C(=O)O. The Bertz CT molecular complexity index is 350. The van der Waals surface area contributed by atoms with Crippen LogP contribution >= 0.6 is 0 Å². The van der Waals surface area contributed by atoms with Crippen LogP contribution in [0.4, 0.5) is 4.79 Å². The quantitative estimate of drug-likeness (QED) is 0.517. The monoisotopic (exact) mass is 287 g/mol. The van der Waals surface area contributed by atoms with Crippen LogP contribution in [0.15, 0.2) is 0 Å². The molecule has 0 aliphatic rings. The number of carbonyl (C=O) groups is 3. The number of nitrogens with one attached hydrogen (secondary N) is 3. The van der Waals surface area contributed by atoms with Crippen molar-refractivity contribution in [3.63, 3.8) is 0 Å². The number of carboxylic acids is 1. The van der Waals surface area contributed by atoms with E-state index in [4.69, 9.17) is 5.11 Å². The molecule has 0 aromatic carbocycles. The second kappa shape index (κ2) is 8.39. The maximum atomic E-state index is 11.4. The van der Waals surface area contributed by atoms with Crippen molar-refractivity contribution >= 4 is 17.9 Å².